The van der Waals surface area contributed by atoms with Crippen molar-refractivity contribution < 1.29 is 13.6 Å². The lowest BCUT2D eigenvalue weighted by atomic mass is 9.93. The predicted octanol–water partition coefficient (Wildman–Crippen LogP) is 3.51. The van der Waals surface area contributed by atoms with Gasteiger partial charge in [-0.25, -0.2) is 18.3 Å². The maximum atomic E-state index is 14.0. The Kier molecular flexibility index (Phi) is 4.84. The zero-order chi connectivity index (χ0) is 22.4. The number of alkyl halides is 2. The summed E-state index contributed by atoms with van der Waals surface area (Å²) in [6, 6.07) is 5.18. The molecule has 4 heterocycles. The van der Waals surface area contributed by atoms with Gasteiger partial charge in [-0.05, 0) is 42.2 Å². The molecule has 0 unspecified atom stereocenters. The van der Waals surface area contributed by atoms with Crippen molar-refractivity contribution in [2.75, 3.05) is 18.5 Å². The molecule has 4 aromatic rings. The Hall–Kier alpha value is -3.82. The van der Waals surface area contributed by atoms with Crippen LogP contribution in [-0.2, 0) is 13.5 Å². The second-order valence-electron chi connectivity index (χ2n) is 7.72. The van der Waals surface area contributed by atoms with Crippen molar-refractivity contribution in [1.29, 1.82) is 0 Å². The van der Waals surface area contributed by atoms with Gasteiger partial charge >= 0.3 is 0 Å². The number of aryl methyl sites for hydroxylation is 2. The third-order valence-electron chi connectivity index (χ3n) is 5.72. The lowest BCUT2D eigenvalue weighted by Crippen LogP contribution is -2.26. The van der Waals surface area contributed by atoms with E-state index >= 15 is 0 Å². The molecule has 3 aromatic heterocycles. The number of nitrogens with zero attached hydrogens (tertiary/aromatic N) is 6. The molecule has 0 saturated carbocycles. The van der Waals surface area contributed by atoms with Gasteiger partial charge in [0, 0.05) is 49.8 Å². The molecule has 0 aliphatic carbocycles. The van der Waals surface area contributed by atoms with Crippen molar-refractivity contribution in [3.8, 4) is 11.1 Å². The van der Waals surface area contributed by atoms with Gasteiger partial charge in [0.25, 0.3) is 12.3 Å². The molecular formula is C22H21F2N7O. The van der Waals surface area contributed by atoms with E-state index in [-0.39, 0.29) is 11.5 Å². The Morgan fingerprint density at radius 1 is 1.22 bits per heavy atom. The van der Waals surface area contributed by atoms with Crippen LogP contribution in [0.2, 0.25) is 0 Å². The van der Waals surface area contributed by atoms with Crippen LogP contribution in [0.4, 0.5) is 20.3 Å². The molecule has 0 bridgehead atoms. The Bertz CT molecular complexity index is 1330. The predicted molar refractivity (Wildman–Crippen MR) is 115 cm³/mol. The first-order chi connectivity index (χ1) is 15.5. The van der Waals surface area contributed by atoms with Gasteiger partial charge in [-0.2, -0.15) is 10.2 Å². The van der Waals surface area contributed by atoms with E-state index in [9.17, 15) is 13.6 Å². The summed E-state index contributed by atoms with van der Waals surface area (Å²) in [4.78, 5) is 18.7. The minimum absolute atomic E-state index is 0.0415. The zero-order valence-corrected chi connectivity index (χ0v) is 17.6. The van der Waals surface area contributed by atoms with Crippen molar-refractivity contribution in [2.24, 2.45) is 7.05 Å². The zero-order valence-electron chi connectivity index (χ0n) is 17.6. The Morgan fingerprint density at radius 2 is 2.06 bits per heavy atom. The highest BCUT2D eigenvalue weighted by Crippen LogP contribution is 2.40. The Balaban J connectivity index is 1.63. The van der Waals surface area contributed by atoms with Crippen LogP contribution < -0.4 is 10.2 Å². The molecule has 0 atom stereocenters. The van der Waals surface area contributed by atoms with Crippen LogP contribution in [0.15, 0.2) is 43.0 Å². The number of carbonyl (C=O) groups is 1. The van der Waals surface area contributed by atoms with Crippen molar-refractivity contribution >= 4 is 23.1 Å². The number of hydrogen-bond donors (Lipinski definition) is 1. The van der Waals surface area contributed by atoms with Crippen LogP contribution in [0.25, 0.3) is 16.8 Å². The molecule has 0 fully saturated rings. The van der Waals surface area contributed by atoms with Gasteiger partial charge in [0.2, 0.25) is 0 Å². The average Bonchev–Trinajstić information content (AvgIpc) is 3.43. The monoisotopic (exact) mass is 437 g/mol. The summed E-state index contributed by atoms with van der Waals surface area (Å²) >= 11 is 0. The molecule has 8 nitrogen and oxygen atoms in total. The van der Waals surface area contributed by atoms with Gasteiger partial charge in [0.15, 0.2) is 5.65 Å². The number of carbonyl (C=O) groups excluding carboxylic acids is 1. The number of amides is 1. The summed E-state index contributed by atoms with van der Waals surface area (Å²) < 4.78 is 31.2. The fourth-order valence-electron chi connectivity index (χ4n) is 4.18. The normalized spacial score (nSPS) is 13.6. The van der Waals surface area contributed by atoms with Crippen LogP contribution >= 0.6 is 0 Å². The molecule has 10 heteroatoms. The number of halogens is 2. The molecular weight excluding hydrogens is 416 g/mol. The van der Waals surface area contributed by atoms with Gasteiger partial charge in [0.05, 0.1) is 12.4 Å². The summed E-state index contributed by atoms with van der Waals surface area (Å²) in [6.45, 7) is 0.633. The lowest BCUT2D eigenvalue weighted by Gasteiger charge is -2.31. The minimum Gasteiger partial charge on any atom is -0.355 e. The SMILES string of the molecule is CNC(=O)c1cnn2ccc(N3CCCc4cc(-c5cnn(C)c5)c(C(F)F)cc43)nc12. The van der Waals surface area contributed by atoms with Crippen LogP contribution in [0.1, 0.15) is 34.3 Å². The topological polar surface area (TPSA) is 80.4 Å². The van der Waals surface area contributed by atoms with E-state index in [1.54, 1.807) is 49.5 Å². The number of aromatic nitrogens is 5. The second kappa shape index (κ2) is 7.70. The first-order valence-corrected chi connectivity index (χ1v) is 10.2. The molecule has 1 N–H and O–H groups in total. The molecule has 1 aliphatic heterocycles. The number of nitrogens with one attached hydrogen (secondary N) is 1. The highest BCUT2D eigenvalue weighted by molar-refractivity contribution is 5.99. The Morgan fingerprint density at radius 3 is 2.78 bits per heavy atom. The summed E-state index contributed by atoms with van der Waals surface area (Å²) in [7, 11) is 3.30. The van der Waals surface area contributed by atoms with Crippen LogP contribution in [0.5, 0.6) is 0 Å². The van der Waals surface area contributed by atoms with Crippen LogP contribution in [0, 0.1) is 0 Å². The molecule has 1 aliphatic rings. The maximum absolute atomic E-state index is 14.0. The maximum Gasteiger partial charge on any atom is 0.264 e. The van der Waals surface area contributed by atoms with Gasteiger partial charge in [-0.1, -0.05) is 0 Å². The lowest BCUT2D eigenvalue weighted by molar-refractivity contribution is 0.0964. The highest BCUT2D eigenvalue weighted by atomic mass is 19.3. The highest BCUT2D eigenvalue weighted by Gasteiger charge is 2.26. The number of rotatable bonds is 4. The fraction of sp³-hybridized carbons (Fsp3) is 0.273. The van der Waals surface area contributed by atoms with E-state index in [0.29, 0.717) is 40.4 Å². The van der Waals surface area contributed by atoms with E-state index in [4.69, 9.17) is 0 Å². The van der Waals surface area contributed by atoms with E-state index in [0.717, 1.165) is 18.4 Å². The largest absolute Gasteiger partial charge is 0.355 e. The molecule has 164 valence electrons. The number of anilines is 2. The summed E-state index contributed by atoms with van der Waals surface area (Å²) in [5.41, 5.74) is 3.56. The summed E-state index contributed by atoms with van der Waals surface area (Å²) in [5.74, 6) is 0.295. The van der Waals surface area contributed by atoms with Crippen molar-refractivity contribution in [2.45, 2.75) is 19.3 Å². The minimum atomic E-state index is -2.63. The number of hydrogen-bond acceptors (Lipinski definition) is 5. The molecule has 0 radical (unpaired) electrons. The van der Waals surface area contributed by atoms with E-state index in [1.165, 1.54) is 10.7 Å². The number of benzene rings is 1. The quantitative estimate of drug-likeness (QED) is 0.529. The standard InChI is InChI=1S/C22H21F2N7O/c1-25-22(32)17-11-27-31-7-5-19(28-21(17)31)30-6-3-4-13-8-15(14-10-26-29(2)12-14)16(20(23)24)9-18(13)30/h5,7-12,20H,3-4,6H2,1-2H3,(H,25,32). The van der Waals surface area contributed by atoms with Gasteiger partial charge in [-0.15, -0.1) is 0 Å². The van der Waals surface area contributed by atoms with E-state index < -0.39 is 6.43 Å². The van der Waals surface area contributed by atoms with Gasteiger partial charge in [-0.3, -0.25) is 9.48 Å². The smallest absolute Gasteiger partial charge is 0.264 e. The third kappa shape index (κ3) is 3.28. The number of fused-ring (bicyclic) bond motifs is 2. The average molecular weight is 437 g/mol. The molecule has 1 aromatic carbocycles. The molecule has 32 heavy (non-hydrogen) atoms. The summed E-state index contributed by atoms with van der Waals surface area (Å²) in [6.07, 6.45) is 5.51. The van der Waals surface area contributed by atoms with Crippen molar-refractivity contribution in [3.63, 3.8) is 0 Å². The van der Waals surface area contributed by atoms with Crippen LogP contribution in [0.3, 0.4) is 0 Å². The second-order valence-corrected chi connectivity index (χ2v) is 7.72. The van der Waals surface area contributed by atoms with Crippen LogP contribution in [-0.4, -0.2) is 43.9 Å². The van der Waals surface area contributed by atoms with Crippen molar-refractivity contribution in [3.05, 3.63) is 59.7 Å². The van der Waals surface area contributed by atoms with E-state index in [1.807, 2.05) is 11.0 Å². The van der Waals surface area contributed by atoms with Gasteiger partial charge in [0.1, 0.15) is 11.4 Å². The molecule has 0 saturated heterocycles. The third-order valence-corrected chi connectivity index (χ3v) is 5.72. The van der Waals surface area contributed by atoms with Crippen molar-refractivity contribution in [1.82, 2.24) is 29.7 Å². The van der Waals surface area contributed by atoms with Gasteiger partial charge < -0.3 is 10.2 Å². The fourth-order valence-corrected chi connectivity index (χ4v) is 4.18. The Labute approximate surface area is 182 Å². The molecule has 0 spiro atoms. The molecule has 5 rings (SSSR count). The molecule has 1 amide bonds. The van der Waals surface area contributed by atoms with E-state index in [2.05, 4.69) is 20.5 Å². The summed E-state index contributed by atoms with van der Waals surface area (Å²) in [5, 5.41) is 10.9. The first kappa shape index (κ1) is 20.1. The first-order valence-electron chi connectivity index (χ1n) is 10.2.